The van der Waals surface area contributed by atoms with Crippen LogP contribution in [-0.4, -0.2) is 26.3 Å². The molecule has 1 aliphatic carbocycles. The summed E-state index contributed by atoms with van der Waals surface area (Å²) in [4.78, 5) is 31.1. The summed E-state index contributed by atoms with van der Waals surface area (Å²) in [5.74, 6) is -0.263. The molecule has 0 unspecified atom stereocenters. The van der Waals surface area contributed by atoms with E-state index in [1.807, 2.05) is 37.3 Å². The first-order valence-corrected chi connectivity index (χ1v) is 10.4. The lowest BCUT2D eigenvalue weighted by Gasteiger charge is -2.18. The van der Waals surface area contributed by atoms with E-state index in [2.05, 4.69) is 5.10 Å². The minimum atomic E-state index is -0.263. The molecule has 0 spiro atoms. The number of rotatable bonds is 4. The minimum Gasteiger partial charge on any atom is -0.267 e. The van der Waals surface area contributed by atoms with Crippen LogP contribution in [0.1, 0.15) is 55.9 Å². The third kappa shape index (κ3) is 3.92. The predicted octanol–water partition coefficient (Wildman–Crippen LogP) is 3.53. The molecule has 29 heavy (non-hydrogen) atoms. The zero-order valence-electron chi connectivity index (χ0n) is 16.8. The van der Waals surface area contributed by atoms with Crippen molar-refractivity contribution < 1.29 is 4.79 Å². The number of nitrogens with zero attached hydrogens (tertiary/aromatic N) is 4. The third-order valence-corrected chi connectivity index (χ3v) is 5.45. The Kier molecular flexibility index (Phi) is 5.69. The molecule has 4 rings (SSSR count). The third-order valence-electron chi connectivity index (χ3n) is 5.45. The molecule has 0 radical (unpaired) electrons. The highest BCUT2D eigenvalue weighted by molar-refractivity contribution is 6.05. The van der Waals surface area contributed by atoms with Gasteiger partial charge in [0, 0.05) is 18.1 Å². The second-order valence-corrected chi connectivity index (χ2v) is 7.58. The van der Waals surface area contributed by atoms with Crippen LogP contribution in [0.15, 0.2) is 58.4 Å². The van der Waals surface area contributed by atoms with E-state index in [-0.39, 0.29) is 23.2 Å². The Morgan fingerprint density at radius 2 is 1.79 bits per heavy atom. The first-order valence-electron chi connectivity index (χ1n) is 10.4. The van der Waals surface area contributed by atoms with Crippen molar-refractivity contribution in [3.63, 3.8) is 0 Å². The highest BCUT2D eigenvalue weighted by Gasteiger charge is 2.19. The number of carbonyl (C=O) groups excluding carboxylic acids is 1. The molecule has 150 valence electrons. The maximum Gasteiger partial charge on any atom is 0.284 e. The molecule has 3 aromatic rings. The summed E-state index contributed by atoms with van der Waals surface area (Å²) in [5.41, 5.74) is 0.762. The van der Waals surface area contributed by atoms with Gasteiger partial charge in [-0.1, -0.05) is 50.5 Å². The summed E-state index contributed by atoms with van der Waals surface area (Å²) in [6.07, 6.45) is 8.24. The van der Waals surface area contributed by atoms with Gasteiger partial charge in [0.25, 0.3) is 11.5 Å². The fourth-order valence-corrected chi connectivity index (χ4v) is 3.98. The number of hydrogen-bond donors (Lipinski definition) is 0. The Morgan fingerprint density at radius 3 is 2.55 bits per heavy atom. The standard InChI is InChI=1S/C23H26N4O2/c1-2-15-27-22(28)19-13-7-6-12-18(19)21(25-27)23(29)26-16-9-8-14-20(26)24-17-10-4-3-5-11-17/h6-9,12-14,16-17H,2-5,10-11,15H2,1H3. The fourth-order valence-electron chi connectivity index (χ4n) is 3.98. The first kappa shape index (κ1) is 19.3. The first-order chi connectivity index (χ1) is 14.2. The van der Waals surface area contributed by atoms with E-state index in [0.29, 0.717) is 22.8 Å². The van der Waals surface area contributed by atoms with Gasteiger partial charge in [0.2, 0.25) is 0 Å². The van der Waals surface area contributed by atoms with Gasteiger partial charge in [0.05, 0.1) is 11.4 Å². The summed E-state index contributed by atoms with van der Waals surface area (Å²) in [7, 11) is 0. The van der Waals surface area contributed by atoms with Crippen molar-refractivity contribution in [1.29, 1.82) is 0 Å². The van der Waals surface area contributed by atoms with Crippen molar-refractivity contribution in [2.24, 2.45) is 4.99 Å². The van der Waals surface area contributed by atoms with E-state index < -0.39 is 0 Å². The maximum atomic E-state index is 13.5. The van der Waals surface area contributed by atoms with Crippen LogP contribution in [-0.2, 0) is 6.54 Å². The van der Waals surface area contributed by atoms with Crippen LogP contribution in [0.2, 0.25) is 0 Å². The molecule has 0 atom stereocenters. The molecule has 6 heteroatoms. The molecule has 0 aliphatic heterocycles. The van der Waals surface area contributed by atoms with Gasteiger partial charge >= 0.3 is 0 Å². The van der Waals surface area contributed by atoms with E-state index in [4.69, 9.17) is 4.99 Å². The number of aryl methyl sites for hydroxylation is 1. The number of carbonyl (C=O) groups is 1. The molecule has 2 aromatic heterocycles. The number of pyridine rings is 1. The van der Waals surface area contributed by atoms with Crippen molar-refractivity contribution in [3.8, 4) is 0 Å². The predicted molar refractivity (Wildman–Crippen MR) is 113 cm³/mol. The van der Waals surface area contributed by atoms with E-state index in [9.17, 15) is 9.59 Å². The lowest BCUT2D eigenvalue weighted by atomic mass is 9.96. The number of fused-ring (bicyclic) bond motifs is 1. The van der Waals surface area contributed by atoms with Gasteiger partial charge in [-0.3, -0.25) is 19.1 Å². The highest BCUT2D eigenvalue weighted by Crippen LogP contribution is 2.20. The Bertz CT molecular complexity index is 1150. The van der Waals surface area contributed by atoms with Crippen molar-refractivity contribution in [2.75, 3.05) is 0 Å². The molecule has 1 fully saturated rings. The molecule has 2 heterocycles. The van der Waals surface area contributed by atoms with Gasteiger partial charge < -0.3 is 0 Å². The Hall–Kier alpha value is -3.02. The van der Waals surface area contributed by atoms with Crippen LogP contribution in [0.25, 0.3) is 10.8 Å². The Balaban J connectivity index is 1.86. The topological polar surface area (TPSA) is 69.2 Å². The normalized spacial score (nSPS) is 15.7. The van der Waals surface area contributed by atoms with Gasteiger partial charge in [-0.2, -0.15) is 5.10 Å². The summed E-state index contributed by atoms with van der Waals surface area (Å²) in [6.45, 7) is 2.46. The van der Waals surface area contributed by atoms with Crippen molar-refractivity contribution in [3.05, 3.63) is 70.2 Å². The number of benzene rings is 1. The second kappa shape index (κ2) is 8.55. The van der Waals surface area contributed by atoms with Crippen LogP contribution in [0, 0.1) is 0 Å². The summed E-state index contributed by atoms with van der Waals surface area (Å²) in [6, 6.07) is 13.0. The number of hydrogen-bond acceptors (Lipinski definition) is 4. The Morgan fingerprint density at radius 1 is 1.07 bits per heavy atom. The average molecular weight is 390 g/mol. The van der Waals surface area contributed by atoms with Crippen LogP contribution < -0.4 is 11.0 Å². The van der Waals surface area contributed by atoms with E-state index in [0.717, 1.165) is 19.3 Å². The largest absolute Gasteiger partial charge is 0.284 e. The van der Waals surface area contributed by atoms with Crippen LogP contribution in [0.4, 0.5) is 0 Å². The minimum absolute atomic E-state index is 0.163. The Labute approximate surface area is 169 Å². The van der Waals surface area contributed by atoms with Crippen LogP contribution in [0.3, 0.4) is 0 Å². The quantitative estimate of drug-likeness (QED) is 0.684. The molecule has 1 saturated carbocycles. The van der Waals surface area contributed by atoms with Gasteiger partial charge in [0.1, 0.15) is 5.49 Å². The van der Waals surface area contributed by atoms with Gasteiger partial charge in [-0.15, -0.1) is 0 Å². The van der Waals surface area contributed by atoms with E-state index >= 15 is 0 Å². The van der Waals surface area contributed by atoms with Gasteiger partial charge in [0.15, 0.2) is 5.69 Å². The van der Waals surface area contributed by atoms with Crippen LogP contribution >= 0.6 is 0 Å². The second-order valence-electron chi connectivity index (χ2n) is 7.58. The number of aromatic nitrogens is 3. The lowest BCUT2D eigenvalue weighted by Crippen LogP contribution is -2.32. The zero-order valence-corrected chi connectivity index (χ0v) is 16.8. The molecule has 0 N–H and O–H groups in total. The molecule has 1 aromatic carbocycles. The SMILES string of the molecule is CCCn1nc(C(=O)n2ccccc2=NC2CCCCC2)c2ccccc2c1=O. The fraction of sp³-hybridized carbons (Fsp3) is 0.391. The van der Waals surface area contributed by atoms with E-state index in [1.165, 1.54) is 23.9 Å². The molecule has 0 amide bonds. The molecular formula is C23H26N4O2. The maximum absolute atomic E-state index is 13.5. The lowest BCUT2D eigenvalue weighted by molar-refractivity contribution is 0.0948. The summed E-state index contributed by atoms with van der Waals surface area (Å²) in [5, 5.41) is 5.54. The monoisotopic (exact) mass is 390 g/mol. The summed E-state index contributed by atoms with van der Waals surface area (Å²) < 4.78 is 2.96. The highest BCUT2D eigenvalue weighted by atomic mass is 16.2. The molecule has 1 aliphatic rings. The molecular weight excluding hydrogens is 364 g/mol. The van der Waals surface area contributed by atoms with Crippen LogP contribution in [0.5, 0.6) is 0 Å². The average Bonchev–Trinajstić information content (AvgIpc) is 2.76. The molecule has 0 bridgehead atoms. The van der Waals surface area contributed by atoms with Gasteiger partial charge in [-0.05, 0) is 37.5 Å². The van der Waals surface area contributed by atoms with Gasteiger partial charge in [-0.25, -0.2) is 4.68 Å². The zero-order chi connectivity index (χ0) is 20.2. The summed E-state index contributed by atoms with van der Waals surface area (Å²) >= 11 is 0. The van der Waals surface area contributed by atoms with Crippen molar-refractivity contribution >= 4 is 16.7 Å². The smallest absolute Gasteiger partial charge is 0.267 e. The van der Waals surface area contributed by atoms with E-state index in [1.54, 1.807) is 22.9 Å². The van der Waals surface area contributed by atoms with Crippen molar-refractivity contribution in [2.45, 2.75) is 58.0 Å². The molecule has 0 saturated heterocycles. The van der Waals surface area contributed by atoms with Crippen molar-refractivity contribution in [1.82, 2.24) is 14.3 Å². The molecule has 6 nitrogen and oxygen atoms in total.